The third-order valence-corrected chi connectivity index (χ3v) is 4.44. The maximum absolute atomic E-state index is 12.6. The van der Waals surface area contributed by atoms with E-state index in [0.29, 0.717) is 17.3 Å². The van der Waals surface area contributed by atoms with Crippen molar-refractivity contribution < 1.29 is 9.59 Å². The second-order valence-electron chi connectivity index (χ2n) is 6.14. The second-order valence-corrected chi connectivity index (χ2v) is 6.57. The first-order valence-corrected chi connectivity index (χ1v) is 8.49. The van der Waals surface area contributed by atoms with Crippen molar-refractivity contribution >= 4 is 29.1 Å². The molecule has 2 heterocycles. The number of carbonyl (C=O) groups excluding carboxylic acids is 2. The van der Waals surface area contributed by atoms with Crippen molar-refractivity contribution in [1.29, 1.82) is 0 Å². The molecular weight excluding hydrogens is 342 g/mol. The highest BCUT2D eigenvalue weighted by Crippen LogP contribution is 2.22. The third kappa shape index (κ3) is 4.58. The lowest BCUT2D eigenvalue weighted by Gasteiger charge is -2.23. The molecule has 1 unspecified atom stereocenters. The Kier molecular flexibility index (Phi) is 5.35. The molecule has 2 aromatic rings. The van der Waals surface area contributed by atoms with Gasteiger partial charge in [0.25, 0.3) is 0 Å². The monoisotopic (exact) mass is 361 g/mol. The van der Waals surface area contributed by atoms with Crippen LogP contribution in [0.15, 0.2) is 36.7 Å². The normalized spacial score (nSPS) is 17.6. The van der Waals surface area contributed by atoms with Gasteiger partial charge in [0, 0.05) is 17.8 Å². The van der Waals surface area contributed by atoms with E-state index in [-0.39, 0.29) is 18.5 Å². The van der Waals surface area contributed by atoms with Crippen molar-refractivity contribution in [3.8, 4) is 0 Å². The average molecular weight is 362 g/mol. The molecule has 1 aliphatic heterocycles. The molecule has 25 heavy (non-hydrogen) atoms. The molecule has 0 bridgehead atoms. The Bertz CT molecular complexity index is 759. The lowest BCUT2D eigenvalue weighted by Crippen LogP contribution is -2.39. The largest absolute Gasteiger partial charge is 0.368 e. The fraction of sp³-hybridized carbons (Fsp3) is 0.353. The molecule has 0 radical (unpaired) electrons. The van der Waals surface area contributed by atoms with Crippen molar-refractivity contribution in [3.05, 3.63) is 47.2 Å². The minimum atomic E-state index is -0.481. The summed E-state index contributed by atoms with van der Waals surface area (Å²) in [4.78, 5) is 25.7. The number of anilines is 1. The van der Waals surface area contributed by atoms with Crippen LogP contribution in [-0.2, 0) is 22.7 Å². The minimum Gasteiger partial charge on any atom is -0.368 e. The number of benzene rings is 1. The van der Waals surface area contributed by atoms with E-state index in [1.54, 1.807) is 6.20 Å². The predicted molar refractivity (Wildman–Crippen MR) is 94.9 cm³/mol. The van der Waals surface area contributed by atoms with Gasteiger partial charge < -0.3 is 11.1 Å². The first kappa shape index (κ1) is 17.4. The van der Waals surface area contributed by atoms with E-state index < -0.39 is 5.91 Å². The summed E-state index contributed by atoms with van der Waals surface area (Å²) in [5.74, 6) is -0.545. The molecule has 1 fully saturated rings. The Morgan fingerprint density at radius 3 is 2.80 bits per heavy atom. The van der Waals surface area contributed by atoms with E-state index >= 15 is 0 Å². The number of carbonyl (C=O) groups is 2. The average Bonchev–Trinajstić information content (AvgIpc) is 3.18. The number of likely N-dealkylation sites (tertiary alicyclic amines) is 1. The van der Waals surface area contributed by atoms with Crippen LogP contribution in [0.3, 0.4) is 0 Å². The summed E-state index contributed by atoms with van der Waals surface area (Å²) in [7, 11) is 0. The van der Waals surface area contributed by atoms with Gasteiger partial charge in [-0.1, -0.05) is 23.7 Å². The SMILES string of the molecule is NC(=O)Cn1cc(NC(=O)C2CCCN2Cc2ccc(Cl)cc2)cn1. The molecule has 7 nitrogen and oxygen atoms in total. The summed E-state index contributed by atoms with van der Waals surface area (Å²) in [6, 6.07) is 7.48. The Balaban J connectivity index is 1.61. The molecule has 1 atom stereocenters. The van der Waals surface area contributed by atoms with Crippen LogP contribution in [0, 0.1) is 0 Å². The van der Waals surface area contributed by atoms with Crippen LogP contribution in [-0.4, -0.2) is 39.1 Å². The molecule has 3 rings (SSSR count). The summed E-state index contributed by atoms with van der Waals surface area (Å²) in [5.41, 5.74) is 6.82. The zero-order chi connectivity index (χ0) is 17.8. The molecule has 1 aromatic carbocycles. The molecule has 3 N–H and O–H groups in total. The van der Waals surface area contributed by atoms with Gasteiger partial charge in [-0.25, -0.2) is 0 Å². The van der Waals surface area contributed by atoms with Crippen LogP contribution in [0.2, 0.25) is 5.02 Å². The number of rotatable bonds is 6. The Hall–Kier alpha value is -2.38. The number of nitrogens with zero attached hydrogens (tertiary/aromatic N) is 3. The number of hydrogen-bond acceptors (Lipinski definition) is 4. The van der Waals surface area contributed by atoms with Gasteiger partial charge >= 0.3 is 0 Å². The number of halogens is 1. The van der Waals surface area contributed by atoms with Crippen LogP contribution >= 0.6 is 11.6 Å². The summed E-state index contributed by atoms with van der Waals surface area (Å²) in [5, 5.41) is 7.57. The van der Waals surface area contributed by atoms with Crippen LogP contribution < -0.4 is 11.1 Å². The standard InChI is InChI=1S/C17H20ClN5O2/c18-13-5-3-12(4-6-13)9-22-7-1-2-15(22)17(25)21-14-8-20-23(10-14)11-16(19)24/h3-6,8,10,15H,1-2,7,9,11H2,(H2,19,24)(H,21,25). The Morgan fingerprint density at radius 1 is 1.32 bits per heavy atom. The molecule has 8 heteroatoms. The summed E-state index contributed by atoms with van der Waals surface area (Å²) in [6.45, 7) is 1.57. The molecule has 1 aliphatic rings. The molecule has 1 aromatic heterocycles. The highest BCUT2D eigenvalue weighted by Gasteiger charge is 2.30. The highest BCUT2D eigenvalue weighted by molar-refractivity contribution is 6.30. The van der Waals surface area contributed by atoms with Crippen LogP contribution in [0.1, 0.15) is 18.4 Å². The number of primary amides is 1. The van der Waals surface area contributed by atoms with Gasteiger partial charge in [0.05, 0.1) is 17.9 Å². The van der Waals surface area contributed by atoms with Crippen molar-refractivity contribution in [2.75, 3.05) is 11.9 Å². The fourth-order valence-corrected chi connectivity index (χ4v) is 3.16. The van der Waals surface area contributed by atoms with Gasteiger partial charge in [-0.3, -0.25) is 19.2 Å². The quantitative estimate of drug-likeness (QED) is 0.817. The van der Waals surface area contributed by atoms with Crippen molar-refractivity contribution in [1.82, 2.24) is 14.7 Å². The van der Waals surface area contributed by atoms with Gasteiger partial charge in [0.1, 0.15) is 6.54 Å². The fourth-order valence-electron chi connectivity index (χ4n) is 3.04. The highest BCUT2D eigenvalue weighted by atomic mass is 35.5. The summed E-state index contributed by atoms with van der Waals surface area (Å²) >= 11 is 5.92. The number of amides is 2. The first-order chi connectivity index (χ1) is 12.0. The van der Waals surface area contributed by atoms with E-state index in [4.69, 9.17) is 17.3 Å². The first-order valence-electron chi connectivity index (χ1n) is 8.11. The zero-order valence-electron chi connectivity index (χ0n) is 13.7. The van der Waals surface area contributed by atoms with Gasteiger partial charge in [-0.15, -0.1) is 0 Å². The van der Waals surface area contributed by atoms with E-state index in [1.165, 1.54) is 10.9 Å². The van der Waals surface area contributed by atoms with Crippen molar-refractivity contribution in [3.63, 3.8) is 0 Å². The predicted octanol–water partition coefficient (Wildman–Crippen LogP) is 1.62. The van der Waals surface area contributed by atoms with E-state index in [9.17, 15) is 9.59 Å². The van der Waals surface area contributed by atoms with Gasteiger partial charge in [-0.2, -0.15) is 5.10 Å². The van der Waals surface area contributed by atoms with Gasteiger partial charge in [0.2, 0.25) is 11.8 Å². The van der Waals surface area contributed by atoms with Crippen molar-refractivity contribution in [2.24, 2.45) is 5.73 Å². The Labute approximate surface area is 150 Å². The number of nitrogens with two attached hydrogens (primary N) is 1. The number of aromatic nitrogens is 2. The molecule has 2 amide bonds. The maximum Gasteiger partial charge on any atom is 0.241 e. The molecule has 0 spiro atoms. The van der Waals surface area contributed by atoms with Crippen LogP contribution in [0.4, 0.5) is 5.69 Å². The molecule has 0 aliphatic carbocycles. The number of nitrogens with one attached hydrogen (secondary N) is 1. The topological polar surface area (TPSA) is 93.2 Å². The minimum absolute atomic E-state index is 0.0119. The smallest absolute Gasteiger partial charge is 0.241 e. The summed E-state index contributed by atoms with van der Waals surface area (Å²) < 4.78 is 1.40. The van der Waals surface area contributed by atoms with E-state index in [0.717, 1.165) is 24.9 Å². The molecular formula is C17H20ClN5O2. The van der Waals surface area contributed by atoms with Gasteiger partial charge in [-0.05, 0) is 37.1 Å². The van der Waals surface area contributed by atoms with Gasteiger partial charge in [0.15, 0.2) is 0 Å². The van der Waals surface area contributed by atoms with Crippen molar-refractivity contribution in [2.45, 2.75) is 32.0 Å². The van der Waals surface area contributed by atoms with Crippen LogP contribution in [0.5, 0.6) is 0 Å². The summed E-state index contributed by atoms with van der Waals surface area (Å²) in [6.07, 6.45) is 4.90. The molecule has 0 saturated carbocycles. The third-order valence-electron chi connectivity index (χ3n) is 4.18. The lowest BCUT2D eigenvalue weighted by molar-refractivity contribution is -0.120. The Morgan fingerprint density at radius 2 is 2.08 bits per heavy atom. The lowest BCUT2D eigenvalue weighted by atomic mass is 10.1. The second kappa shape index (κ2) is 7.67. The maximum atomic E-state index is 12.6. The zero-order valence-corrected chi connectivity index (χ0v) is 14.4. The molecule has 132 valence electrons. The number of hydrogen-bond donors (Lipinski definition) is 2. The van der Waals surface area contributed by atoms with E-state index in [1.807, 2.05) is 24.3 Å². The van der Waals surface area contributed by atoms with Crippen LogP contribution in [0.25, 0.3) is 0 Å². The van der Waals surface area contributed by atoms with E-state index in [2.05, 4.69) is 15.3 Å². The molecule has 1 saturated heterocycles.